The number of allylic oxidation sites excluding steroid dienone is 1. The van der Waals surface area contributed by atoms with Gasteiger partial charge in [0.05, 0.1) is 11.8 Å². The highest BCUT2D eigenvalue weighted by Crippen LogP contribution is 2.42. The molecule has 29 heavy (non-hydrogen) atoms. The molecule has 4 heterocycles. The van der Waals surface area contributed by atoms with Gasteiger partial charge in [-0.05, 0) is 55.5 Å². The van der Waals surface area contributed by atoms with E-state index >= 15 is 0 Å². The van der Waals surface area contributed by atoms with Crippen LogP contribution in [0.15, 0.2) is 45.9 Å². The summed E-state index contributed by atoms with van der Waals surface area (Å²) < 4.78 is 7.52. The molecule has 8 heteroatoms. The van der Waals surface area contributed by atoms with E-state index in [1.807, 2.05) is 30.4 Å². The molecular formula is C21H21N5OS2. The minimum absolute atomic E-state index is 0.614. The van der Waals surface area contributed by atoms with Gasteiger partial charge in [-0.3, -0.25) is 4.57 Å². The second kappa shape index (κ2) is 7.42. The Hall–Kier alpha value is -2.45. The lowest BCUT2D eigenvalue weighted by Crippen LogP contribution is -2.08. The largest absolute Gasteiger partial charge is 0.469 e. The minimum Gasteiger partial charge on any atom is -0.469 e. The molecule has 0 amide bonds. The highest BCUT2D eigenvalue weighted by atomic mass is 32.2. The van der Waals surface area contributed by atoms with Gasteiger partial charge in [-0.15, -0.1) is 28.1 Å². The monoisotopic (exact) mass is 423 g/mol. The number of aromatic nitrogens is 5. The molecule has 4 aromatic heterocycles. The number of fused-ring (bicyclic) bond motifs is 3. The number of aryl methyl sites for hydroxylation is 2. The molecule has 5 rings (SSSR count). The van der Waals surface area contributed by atoms with Crippen molar-refractivity contribution < 1.29 is 4.42 Å². The molecule has 0 spiro atoms. The van der Waals surface area contributed by atoms with Gasteiger partial charge in [0.2, 0.25) is 0 Å². The van der Waals surface area contributed by atoms with Crippen LogP contribution in [0.2, 0.25) is 0 Å². The highest BCUT2D eigenvalue weighted by molar-refractivity contribution is 7.99. The van der Waals surface area contributed by atoms with Crippen molar-refractivity contribution in [3.05, 3.63) is 47.5 Å². The predicted molar refractivity (Wildman–Crippen MR) is 115 cm³/mol. The standard InChI is InChI=1S/C21H21N5OS2/c1-4-8-26-18(14-7-9-27-13(14)3)24-25-21(26)29-20-17-15-6-5-12(2)10-16(15)28-19(17)22-11-23-20/h4,7,9,11-12H,1,5-6,8,10H2,2-3H3/t12-/m1/s1. The number of hydrogen-bond donors (Lipinski definition) is 0. The maximum absolute atomic E-state index is 5.46. The molecule has 0 radical (unpaired) electrons. The van der Waals surface area contributed by atoms with Crippen molar-refractivity contribution in [1.82, 2.24) is 24.7 Å². The molecule has 1 aliphatic rings. The first-order chi connectivity index (χ1) is 14.2. The van der Waals surface area contributed by atoms with Gasteiger partial charge in [-0.25, -0.2) is 9.97 Å². The molecule has 1 aliphatic carbocycles. The van der Waals surface area contributed by atoms with E-state index in [-0.39, 0.29) is 0 Å². The summed E-state index contributed by atoms with van der Waals surface area (Å²) in [6.45, 7) is 8.77. The van der Waals surface area contributed by atoms with Crippen LogP contribution in [-0.4, -0.2) is 24.7 Å². The molecule has 6 nitrogen and oxygen atoms in total. The third kappa shape index (κ3) is 3.20. The molecule has 0 saturated heterocycles. The van der Waals surface area contributed by atoms with Crippen molar-refractivity contribution in [1.29, 1.82) is 0 Å². The molecule has 4 aromatic rings. The first-order valence-electron chi connectivity index (χ1n) is 9.67. The van der Waals surface area contributed by atoms with E-state index in [9.17, 15) is 0 Å². The van der Waals surface area contributed by atoms with Crippen LogP contribution < -0.4 is 0 Å². The fourth-order valence-electron chi connectivity index (χ4n) is 3.88. The molecule has 0 unspecified atom stereocenters. The summed E-state index contributed by atoms with van der Waals surface area (Å²) >= 11 is 3.36. The van der Waals surface area contributed by atoms with Crippen LogP contribution in [0.4, 0.5) is 0 Å². The average Bonchev–Trinajstić information content (AvgIpc) is 3.39. The maximum atomic E-state index is 5.46. The van der Waals surface area contributed by atoms with E-state index in [2.05, 4.69) is 38.2 Å². The maximum Gasteiger partial charge on any atom is 0.198 e. The molecule has 1 atom stereocenters. The minimum atomic E-state index is 0.614. The Morgan fingerprint density at radius 2 is 2.28 bits per heavy atom. The number of rotatable bonds is 5. The van der Waals surface area contributed by atoms with Gasteiger partial charge in [-0.1, -0.05) is 13.0 Å². The molecule has 148 valence electrons. The number of thiophene rings is 1. The van der Waals surface area contributed by atoms with Crippen LogP contribution in [0.1, 0.15) is 29.5 Å². The number of hydrogen-bond acceptors (Lipinski definition) is 7. The zero-order chi connectivity index (χ0) is 20.0. The van der Waals surface area contributed by atoms with Gasteiger partial charge in [0, 0.05) is 16.8 Å². The normalized spacial score (nSPS) is 16.3. The topological polar surface area (TPSA) is 69.6 Å². The summed E-state index contributed by atoms with van der Waals surface area (Å²) in [6, 6.07) is 1.92. The molecule has 0 saturated carbocycles. The predicted octanol–water partition coefficient (Wildman–Crippen LogP) is 5.31. The van der Waals surface area contributed by atoms with E-state index in [1.54, 1.807) is 24.4 Å². The van der Waals surface area contributed by atoms with Crippen molar-refractivity contribution in [2.45, 2.75) is 49.8 Å². The SMILES string of the molecule is C=CCn1c(Sc2ncnc3sc4c(c23)CC[C@@H](C)C4)nnc1-c1ccoc1C. The lowest BCUT2D eigenvalue weighted by atomic mass is 9.89. The van der Waals surface area contributed by atoms with Gasteiger partial charge in [0.25, 0.3) is 0 Å². The lowest BCUT2D eigenvalue weighted by Gasteiger charge is -2.18. The van der Waals surface area contributed by atoms with Crippen molar-refractivity contribution >= 4 is 33.3 Å². The van der Waals surface area contributed by atoms with Crippen molar-refractivity contribution in [3.63, 3.8) is 0 Å². The third-order valence-electron chi connectivity index (χ3n) is 5.37. The Balaban J connectivity index is 1.59. The molecule has 0 bridgehead atoms. The lowest BCUT2D eigenvalue weighted by molar-refractivity contribution is 0.509. The van der Waals surface area contributed by atoms with E-state index in [0.29, 0.717) is 6.54 Å². The molecule has 0 N–H and O–H groups in total. The quantitative estimate of drug-likeness (QED) is 0.320. The zero-order valence-corrected chi connectivity index (χ0v) is 18.0. The van der Waals surface area contributed by atoms with Gasteiger partial charge in [-0.2, -0.15) is 0 Å². The average molecular weight is 424 g/mol. The van der Waals surface area contributed by atoms with Crippen LogP contribution in [0.5, 0.6) is 0 Å². The van der Waals surface area contributed by atoms with E-state index < -0.39 is 0 Å². The Bertz CT molecular complexity index is 1210. The van der Waals surface area contributed by atoms with Crippen molar-refractivity contribution in [2.75, 3.05) is 0 Å². The van der Waals surface area contributed by atoms with Crippen LogP contribution in [0, 0.1) is 12.8 Å². The zero-order valence-electron chi connectivity index (χ0n) is 16.4. The van der Waals surface area contributed by atoms with E-state index in [4.69, 9.17) is 4.42 Å². The van der Waals surface area contributed by atoms with Gasteiger partial charge < -0.3 is 4.42 Å². The van der Waals surface area contributed by atoms with Gasteiger partial charge in [0.15, 0.2) is 11.0 Å². The van der Waals surface area contributed by atoms with Crippen LogP contribution in [0.25, 0.3) is 21.6 Å². The number of furan rings is 1. The summed E-state index contributed by atoms with van der Waals surface area (Å²) in [5, 5.41) is 11.9. The summed E-state index contributed by atoms with van der Waals surface area (Å²) in [5.74, 6) is 2.34. The smallest absolute Gasteiger partial charge is 0.198 e. The summed E-state index contributed by atoms with van der Waals surface area (Å²) in [5.41, 5.74) is 2.37. The van der Waals surface area contributed by atoms with E-state index in [0.717, 1.165) is 50.9 Å². The van der Waals surface area contributed by atoms with Crippen molar-refractivity contribution in [3.8, 4) is 11.4 Å². The molecule has 0 aromatic carbocycles. The fourth-order valence-corrected chi connectivity index (χ4v) is 6.25. The first kappa shape index (κ1) is 18.6. The van der Waals surface area contributed by atoms with Crippen LogP contribution in [0.3, 0.4) is 0 Å². The Kier molecular flexibility index (Phi) is 4.75. The fraction of sp³-hybridized carbons (Fsp3) is 0.333. The first-order valence-corrected chi connectivity index (χ1v) is 11.3. The number of nitrogens with zero attached hydrogens (tertiary/aromatic N) is 5. The van der Waals surface area contributed by atoms with Gasteiger partial charge in [0.1, 0.15) is 21.9 Å². The highest BCUT2D eigenvalue weighted by Gasteiger charge is 2.25. The second-order valence-electron chi connectivity index (χ2n) is 7.41. The summed E-state index contributed by atoms with van der Waals surface area (Å²) in [6.07, 6.45) is 8.64. The van der Waals surface area contributed by atoms with Gasteiger partial charge >= 0.3 is 0 Å². The molecule has 0 fully saturated rings. The second-order valence-corrected chi connectivity index (χ2v) is 9.45. The molecule has 0 aliphatic heterocycles. The summed E-state index contributed by atoms with van der Waals surface area (Å²) in [7, 11) is 0. The Labute approximate surface area is 177 Å². The summed E-state index contributed by atoms with van der Waals surface area (Å²) in [4.78, 5) is 11.7. The van der Waals surface area contributed by atoms with Crippen LogP contribution >= 0.6 is 23.1 Å². The molecular weight excluding hydrogens is 402 g/mol. The van der Waals surface area contributed by atoms with E-state index in [1.165, 1.54) is 22.2 Å². The third-order valence-corrected chi connectivity index (χ3v) is 7.52. The Morgan fingerprint density at radius 1 is 1.38 bits per heavy atom. The Morgan fingerprint density at radius 3 is 3.07 bits per heavy atom. The van der Waals surface area contributed by atoms with Crippen LogP contribution in [-0.2, 0) is 19.4 Å². The van der Waals surface area contributed by atoms with Crippen molar-refractivity contribution in [2.24, 2.45) is 5.92 Å².